The maximum Gasteiger partial charge on any atom is 0.387 e. The van der Waals surface area contributed by atoms with Gasteiger partial charge in [-0.25, -0.2) is 8.42 Å². The van der Waals surface area contributed by atoms with E-state index in [2.05, 4.69) is 4.74 Å². The number of fused-ring (bicyclic) bond motifs is 2. The van der Waals surface area contributed by atoms with Crippen LogP contribution in [-0.2, 0) is 10.0 Å². The van der Waals surface area contributed by atoms with Gasteiger partial charge >= 0.3 is 6.61 Å². The van der Waals surface area contributed by atoms with Crippen molar-refractivity contribution in [1.82, 2.24) is 4.31 Å². The smallest absolute Gasteiger partial charge is 0.387 e. The van der Waals surface area contributed by atoms with Crippen LogP contribution < -0.4 is 4.74 Å². The van der Waals surface area contributed by atoms with Gasteiger partial charge in [0.05, 0.1) is 4.90 Å². The standard InChI is InChI=1S/C14H17F2NO3S/c15-14(16)20-12-6-8-13(9-7-12)21(18,19)17-10-2-1-3-11(17)5-4-10/h6-11,14H,1-5H2/t10-,11+. The molecule has 21 heavy (non-hydrogen) atoms. The van der Waals surface area contributed by atoms with Crippen LogP contribution >= 0.6 is 0 Å². The molecular weight excluding hydrogens is 300 g/mol. The van der Waals surface area contributed by atoms with Gasteiger partial charge in [0.1, 0.15) is 5.75 Å². The van der Waals surface area contributed by atoms with Crippen molar-refractivity contribution in [1.29, 1.82) is 0 Å². The van der Waals surface area contributed by atoms with Crippen LogP contribution in [0.5, 0.6) is 5.75 Å². The largest absolute Gasteiger partial charge is 0.435 e. The summed E-state index contributed by atoms with van der Waals surface area (Å²) >= 11 is 0. The minimum atomic E-state index is -3.55. The first-order valence-corrected chi connectivity index (χ1v) is 8.51. The summed E-state index contributed by atoms with van der Waals surface area (Å²) in [5.41, 5.74) is 0. The lowest BCUT2D eigenvalue weighted by atomic mass is 10.1. The molecule has 2 aliphatic heterocycles. The molecule has 0 amide bonds. The van der Waals surface area contributed by atoms with E-state index < -0.39 is 16.6 Å². The van der Waals surface area contributed by atoms with Crippen molar-refractivity contribution < 1.29 is 21.9 Å². The average Bonchev–Trinajstić information content (AvgIpc) is 2.70. The Labute approximate surface area is 122 Å². The minimum absolute atomic E-state index is 0.0365. The number of hydrogen-bond acceptors (Lipinski definition) is 3. The van der Waals surface area contributed by atoms with Crippen LogP contribution in [-0.4, -0.2) is 31.4 Å². The Bertz CT molecular complexity index is 587. The number of hydrogen-bond donors (Lipinski definition) is 0. The molecule has 2 fully saturated rings. The molecule has 2 heterocycles. The molecule has 116 valence electrons. The molecule has 0 aliphatic carbocycles. The molecule has 7 heteroatoms. The van der Waals surface area contributed by atoms with E-state index in [1.807, 2.05) is 0 Å². The second-order valence-corrected chi connectivity index (χ2v) is 7.34. The number of ether oxygens (including phenoxy) is 1. The normalized spacial score (nSPS) is 26.2. The van der Waals surface area contributed by atoms with Gasteiger partial charge in [-0.1, -0.05) is 6.42 Å². The second kappa shape index (κ2) is 5.53. The van der Waals surface area contributed by atoms with Crippen LogP contribution in [0.2, 0.25) is 0 Å². The highest BCUT2D eigenvalue weighted by atomic mass is 32.2. The van der Waals surface area contributed by atoms with E-state index in [9.17, 15) is 17.2 Å². The predicted molar refractivity (Wildman–Crippen MR) is 72.8 cm³/mol. The average molecular weight is 317 g/mol. The molecule has 0 aromatic heterocycles. The lowest BCUT2D eigenvalue weighted by molar-refractivity contribution is -0.0498. The molecule has 1 aromatic rings. The van der Waals surface area contributed by atoms with Gasteiger partial charge in [0.2, 0.25) is 10.0 Å². The third-order valence-electron chi connectivity index (χ3n) is 4.25. The molecular formula is C14H17F2NO3S. The first-order valence-electron chi connectivity index (χ1n) is 7.07. The van der Waals surface area contributed by atoms with Gasteiger partial charge in [0.25, 0.3) is 0 Å². The Morgan fingerprint density at radius 2 is 1.62 bits per heavy atom. The van der Waals surface area contributed by atoms with Crippen LogP contribution in [0.25, 0.3) is 0 Å². The lowest BCUT2D eigenvalue weighted by Crippen LogP contribution is -2.43. The van der Waals surface area contributed by atoms with Gasteiger partial charge in [-0.05, 0) is 49.9 Å². The third-order valence-corrected chi connectivity index (χ3v) is 6.27. The van der Waals surface area contributed by atoms with Crippen molar-refractivity contribution in [2.24, 2.45) is 0 Å². The highest BCUT2D eigenvalue weighted by molar-refractivity contribution is 7.89. The lowest BCUT2D eigenvalue weighted by Gasteiger charge is -2.33. The van der Waals surface area contributed by atoms with Crippen LogP contribution in [0.15, 0.2) is 29.2 Å². The molecule has 0 saturated carbocycles. The van der Waals surface area contributed by atoms with E-state index in [1.54, 1.807) is 4.31 Å². The number of sulfonamides is 1. The molecule has 0 unspecified atom stereocenters. The maximum atomic E-state index is 12.7. The molecule has 2 saturated heterocycles. The summed E-state index contributed by atoms with van der Waals surface area (Å²) in [7, 11) is -3.55. The fourth-order valence-corrected chi connectivity index (χ4v) is 5.31. The summed E-state index contributed by atoms with van der Waals surface area (Å²) in [5.74, 6) is -0.0365. The molecule has 0 radical (unpaired) electrons. The van der Waals surface area contributed by atoms with Crippen molar-refractivity contribution >= 4 is 10.0 Å². The maximum absolute atomic E-state index is 12.7. The van der Waals surface area contributed by atoms with Crippen molar-refractivity contribution in [3.05, 3.63) is 24.3 Å². The van der Waals surface area contributed by atoms with Crippen LogP contribution in [0.3, 0.4) is 0 Å². The summed E-state index contributed by atoms with van der Waals surface area (Å²) in [6.45, 7) is -2.91. The molecule has 0 spiro atoms. The Morgan fingerprint density at radius 1 is 1.05 bits per heavy atom. The fraction of sp³-hybridized carbons (Fsp3) is 0.571. The van der Waals surface area contributed by atoms with E-state index in [4.69, 9.17) is 0 Å². The number of piperidine rings is 1. The van der Waals surface area contributed by atoms with Crippen molar-refractivity contribution in [3.63, 3.8) is 0 Å². The van der Waals surface area contributed by atoms with Crippen molar-refractivity contribution in [2.75, 3.05) is 0 Å². The molecule has 2 aliphatic rings. The fourth-order valence-electron chi connectivity index (χ4n) is 3.38. The highest BCUT2D eigenvalue weighted by Crippen LogP contribution is 2.39. The first-order chi connectivity index (χ1) is 9.98. The Balaban J connectivity index is 1.85. The summed E-state index contributed by atoms with van der Waals surface area (Å²) < 4.78 is 55.5. The number of halogens is 2. The molecule has 2 atom stereocenters. The van der Waals surface area contributed by atoms with Crippen LogP contribution in [0.1, 0.15) is 32.1 Å². The summed E-state index contributed by atoms with van der Waals surface area (Å²) in [4.78, 5) is 0.142. The quantitative estimate of drug-likeness (QED) is 0.857. The first kappa shape index (κ1) is 14.7. The van der Waals surface area contributed by atoms with Crippen LogP contribution in [0.4, 0.5) is 8.78 Å². The molecule has 0 N–H and O–H groups in total. The SMILES string of the molecule is O=S(=O)(c1ccc(OC(F)F)cc1)N1[C@@H]2CCC[C@H]1CC2. The second-order valence-electron chi connectivity index (χ2n) is 5.50. The van der Waals surface area contributed by atoms with Gasteiger partial charge < -0.3 is 4.74 Å². The zero-order chi connectivity index (χ0) is 15.0. The third kappa shape index (κ3) is 2.76. The molecule has 3 rings (SSSR count). The molecule has 4 nitrogen and oxygen atoms in total. The topological polar surface area (TPSA) is 46.6 Å². The van der Waals surface area contributed by atoms with E-state index in [-0.39, 0.29) is 22.7 Å². The summed E-state index contributed by atoms with van der Waals surface area (Å²) in [6, 6.07) is 5.38. The van der Waals surface area contributed by atoms with Gasteiger partial charge in [0, 0.05) is 12.1 Å². The van der Waals surface area contributed by atoms with E-state index in [0.717, 1.165) is 32.1 Å². The predicted octanol–water partition coefficient (Wildman–Crippen LogP) is 2.99. The van der Waals surface area contributed by atoms with Gasteiger partial charge in [-0.2, -0.15) is 13.1 Å². The minimum Gasteiger partial charge on any atom is -0.435 e. The Hall–Kier alpha value is -1.21. The summed E-state index contributed by atoms with van der Waals surface area (Å²) in [6.07, 6.45) is 4.71. The zero-order valence-electron chi connectivity index (χ0n) is 11.4. The Morgan fingerprint density at radius 3 is 2.14 bits per heavy atom. The van der Waals surface area contributed by atoms with Crippen LogP contribution in [0, 0.1) is 0 Å². The monoisotopic (exact) mass is 317 g/mol. The van der Waals surface area contributed by atoms with E-state index in [0.29, 0.717) is 0 Å². The van der Waals surface area contributed by atoms with Gasteiger partial charge in [-0.15, -0.1) is 0 Å². The summed E-state index contributed by atoms with van der Waals surface area (Å²) in [5, 5.41) is 0. The number of nitrogens with zero attached hydrogens (tertiary/aromatic N) is 1. The van der Waals surface area contributed by atoms with Gasteiger partial charge in [-0.3, -0.25) is 0 Å². The van der Waals surface area contributed by atoms with E-state index >= 15 is 0 Å². The van der Waals surface area contributed by atoms with E-state index in [1.165, 1.54) is 24.3 Å². The number of rotatable bonds is 4. The zero-order valence-corrected chi connectivity index (χ0v) is 12.2. The number of alkyl halides is 2. The molecule has 2 bridgehead atoms. The highest BCUT2D eigenvalue weighted by Gasteiger charge is 2.44. The molecule has 1 aromatic carbocycles. The van der Waals surface area contributed by atoms with Crippen molar-refractivity contribution in [3.8, 4) is 5.75 Å². The van der Waals surface area contributed by atoms with Gasteiger partial charge in [0.15, 0.2) is 0 Å². The number of benzene rings is 1. The Kier molecular flexibility index (Phi) is 3.88. The van der Waals surface area contributed by atoms with Crippen molar-refractivity contribution in [2.45, 2.75) is 55.7 Å².